The SMILES string of the molecule is Clc1ccc2c(NCCCCCc3nc(Nc4ccccc4)nc(N4CCOCC4)n3)ccnc2c1. The zero-order valence-electron chi connectivity index (χ0n) is 20.2. The van der Waals surface area contributed by atoms with Gasteiger partial charge in [-0.1, -0.05) is 36.2 Å². The maximum absolute atomic E-state index is 6.10. The number of hydrogen-bond acceptors (Lipinski definition) is 8. The molecule has 1 fully saturated rings. The molecule has 0 amide bonds. The lowest BCUT2D eigenvalue weighted by atomic mass is 10.1. The standard InChI is InChI=1S/C27H30ClN7O/c28-20-10-11-22-23(12-14-30-24(22)19-20)29-13-6-2-5-9-25-32-26(31-21-7-3-1-4-8-21)34-27(33-25)35-15-17-36-18-16-35/h1,3-4,7-8,10-12,14,19H,2,5-6,9,13,15-18H2,(H,29,30)(H,31,32,33,34). The van der Waals surface area contributed by atoms with Crippen molar-refractivity contribution in [1.82, 2.24) is 19.9 Å². The summed E-state index contributed by atoms with van der Waals surface area (Å²) < 4.78 is 5.50. The van der Waals surface area contributed by atoms with Crippen LogP contribution in [0.15, 0.2) is 60.8 Å². The van der Waals surface area contributed by atoms with Crippen molar-refractivity contribution in [2.45, 2.75) is 25.7 Å². The van der Waals surface area contributed by atoms with E-state index in [4.69, 9.17) is 26.3 Å². The van der Waals surface area contributed by atoms with Crippen LogP contribution in [-0.2, 0) is 11.2 Å². The van der Waals surface area contributed by atoms with Gasteiger partial charge in [0.15, 0.2) is 0 Å². The molecule has 2 aromatic carbocycles. The molecule has 4 aromatic rings. The van der Waals surface area contributed by atoms with E-state index in [9.17, 15) is 0 Å². The summed E-state index contributed by atoms with van der Waals surface area (Å²) in [5.74, 6) is 2.11. The van der Waals surface area contributed by atoms with Gasteiger partial charge in [-0.15, -0.1) is 0 Å². The highest BCUT2D eigenvalue weighted by Crippen LogP contribution is 2.24. The maximum atomic E-state index is 6.10. The molecule has 0 atom stereocenters. The van der Waals surface area contributed by atoms with Crippen LogP contribution in [0.4, 0.5) is 23.3 Å². The van der Waals surface area contributed by atoms with Crippen molar-refractivity contribution in [3.05, 3.63) is 71.6 Å². The number of morpholine rings is 1. The highest BCUT2D eigenvalue weighted by Gasteiger charge is 2.16. The number of nitrogens with zero attached hydrogens (tertiary/aromatic N) is 5. The number of anilines is 4. The van der Waals surface area contributed by atoms with Crippen LogP contribution in [0.1, 0.15) is 25.1 Å². The quantitative estimate of drug-likeness (QED) is 0.275. The Morgan fingerprint density at radius 2 is 1.78 bits per heavy atom. The second-order valence-electron chi connectivity index (χ2n) is 8.72. The summed E-state index contributed by atoms with van der Waals surface area (Å²) in [5.41, 5.74) is 2.94. The van der Waals surface area contributed by atoms with Gasteiger partial charge in [0.25, 0.3) is 0 Å². The number of pyridine rings is 1. The Morgan fingerprint density at radius 3 is 2.64 bits per heavy atom. The van der Waals surface area contributed by atoms with Gasteiger partial charge in [0.1, 0.15) is 5.82 Å². The summed E-state index contributed by atoms with van der Waals surface area (Å²) in [4.78, 5) is 20.8. The number of nitrogens with one attached hydrogen (secondary N) is 2. The molecule has 8 nitrogen and oxygen atoms in total. The minimum atomic E-state index is 0.582. The van der Waals surface area contributed by atoms with E-state index in [0.717, 1.165) is 73.4 Å². The van der Waals surface area contributed by atoms with Gasteiger partial charge < -0.3 is 20.3 Å². The van der Waals surface area contributed by atoms with Crippen LogP contribution in [0.3, 0.4) is 0 Å². The first-order valence-electron chi connectivity index (χ1n) is 12.4. The van der Waals surface area contributed by atoms with Crippen LogP contribution in [-0.4, -0.2) is 52.8 Å². The first kappa shape index (κ1) is 24.2. The Kier molecular flexibility index (Phi) is 8.05. The second-order valence-corrected chi connectivity index (χ2v) is 9.16. The normalized spacial score (nSPS) is 13.6. The summed E-state index contributed by atoms with van der Waals surface area (Å²) in [6.07, 6.45) is 5.75. The van der Waals surface area contributed by atoms with E-state index in [1.165, 1.54) is 0 Å². The number of ether oxygens (including phenoxy) is 1. The third-order valence-corrected chi connectivity index (χ3v) is 6.33. The fraction of sp³-hybridized carbons (Fsp3) is 0.333. The number of benzene rings is 2. The minimum Gasteiger partial charge on any atom is -0.384 e. The van der Waals surface area contributed by atoms with Crippen molar-refractivity contribution in [3.63, 3.8) is 0 Å². The lowest BCUT2D eigenvalue weighted by molar-refractivity contribution is 0.122. The molecule has 5 rings (SSSR count). The molecule has 0 bridgehead atoms. The molecule has 9 heteroatoms. The van der Waals surface area contributed by atoms with Gasteiger partial charge in [0.2, 0.25) is 11.9 Å². The van der Waals surface area contributed by atoms with Crippen LogP contribution in [0.2, 0.25) is 5.02 Å². The summed E-state index contributed by atoms with van der Waals surface area (Å²) in [5, 5.41) is 8.65. The van der Waals surface area contributed by atoms with E-state index >= 15 is 0 Å². The predicted molar refractivity (Wildman–Crippen MR) is 145 cm³/mol. The Labute approximate surface area is 216 Å². The van der Waals surface area contributed by atoms with E-state index in [2.05, 4.69) is 25.5 Å². The topological polar surface area (TPSA) is 88.1 Å². The number of fused-ring (bicyclic) bond motifs is 1. The van der Waals surface area contributed by atoms with Crippen LogP contribution in [0.5, 0.6) is 0 Å². The molecule has 2 aromatic heterocycles. The minimum absolute atomic E-state index is 0.582. The van der Waals surface area contributed by atoms with Crippen molar-refractivity contribution in [2.75, 3.05) is 48.4 Å². The first-order valence-corrected chi connectivity index (χ1v) is 12.8. The molecule has 1 aliphatic rings. The highest BCUT2D eigenvalue weighted by atomic mass is 35.5. The molecule has 0 unspecified atom stereocenters. The summed E-state index contributed by atoms with van der Waals surface area (Å²) >= 11 is 6.10. The molecule has 0 aliphatic carbocycles. The number of rotatable bonds is 10. The first-order chi connectivity index (χ1) is 17.7. The average molecular weight is 504 g/mol. The van der Waals surface area contributed by atoms with Gasteiger partial charge in [-0.05, 0) is 49.2 Å². The van der Waals surface area contributed by atoms with Gasteiger partial charge in [0.05, 0.1) is 18.7 Å². The van der Waals surface area contributed by atoms with Crippen LogP contribution < -0.4 is 15.5 Å². The summed E-state index contributed by atoms with van der Waals surface area (Å²) in [6.45, 7) is 3.84. The van der Waals surface area contributed by atoms with Gasteiger partial charge in [-0.25, -0.2) is 0 Å². The molecule has 1 saturated heterocycles. The number of unbranched alkanes of at least 4 members (excludes halogenated alkanes) is 2. The third kappa shape index (κ3) is 6.38. The molecule has 0 spiro atoms. The van der Waals surface area contributed by atoms with E-state index in [-0.39, 0.29) is 0 Å². The van der Waals surface area contributed by atoms with Crippen molar-refractivity contribution >= 4 is 45.8 Å². The second kappa shape index (κ2) is 12.0. The van der Waals surface area contributed by atoms with Gasteiger partial charge in [-0.3, -0.25) is 4.98 Å². The molecule has 2 N–H and O–H groups in total. The lowest BCUT2D eigenvalue weighted by Gasteiger charge is -2.27. The Hall–Kier alpha value is -3.49. The fourth-order valence-corrected chi connectivity index (χ4v) is 4.38. The van der Waals surface area contributed by atoms with E-state index in [1.54, 1.807) is 0 Å². The van der Waals surface area contributed by atoms with Crippen LogP contribution in [0, 0.1) is 0 Å². The highest BCUT2D eigenvalue weighted by molar-refractivity contribution is 6.31. The van der Waals surface area contributed by atoms with Crippen LogP contribution >= 0.6 is 11.6 Å². The van der Waals surface area contributed by atoms with E-state index in [0.29, 0.717) is 30.1 Å². The van der Waals surface area contributed by atoms with Crippen LogP contribution in [0.25, 0.3) is 10.9 Å². The average Bonchev–Trinajstić information content (AvgIpc) is 2.91. The van der Waals surface area contributed by atoms with E-state index < -0.39 is 0 Å². The molecular formula is C27H30ClN7O. The van der Waals surface area contributed by atoms with Crippen molar-refractivity contribution in [3.8, 4) is 0 Å². The molecule has 36 heavy (non-hydrogen) atoms. The molecular weight excluding hydrogens is 474 g/mol. The van der Waals surface area contributed by atoms with E-state index in [1.807, 2.05) is 60.8 Å². The fourth-order valence-electron chi connectivity index (χ4n) is 4.21. The molecule has 186 valence electrons. The number of hydrogen-bond donors (Lipinski definition) is 2. The number of aryl methyl sites for hydroxylation is 1. The molecule has 0 radical (unpaired) electrons. The third-order valence-electron chi connectivity index (χ3n) is 6.09. The number of aromatic nitrogens is 4. The molecule has 1 aliphatic heterocycles. The largest absolute Gasteiger partial charge is 0.384 e. The van der Waals surface area contributed by atoms with Gasteiger partial charge >= 0.3 is 0 Å². The Balaban J connectivity index is 1.17. The zero-order chi connectivity index (χ0) is 24.6. The summed E-state index contributed by atoms with van der Waals surface area (Å²) in [6, 6.07) is 17.8. The van der Waals surface area contributed by atoms with Gasteiger partial charge in [0, 0.05) is 54.0 Å². The smallest absolute Gasteiger partial charge is 0.232 e. The van der Waals surface area contributed by atoms with Crippen molar-refractivity contribution < 1.29 is 4.74 Å². The zero-order valence-corrected chi connectivity index (χ0v) is 20.9. The molecule has 3 heterocycles. The number of para-hydroxylation sites is 1. The van der Waals surface area contributed by atoms with Crippen molar-refractivity contribution in [1.29, 1.82) is 0 Å². The Morgan fingerprint density at radius 1 is 0.917 bits per heavy atom. The lowest BCUT2D eigenvalue weighted by Crippen LogP contribution is -2.37. The maximum Gasteiger partial charge on any atom is 0.232 e. The summed E-state index contributed by atoms with van der Waals surface area (Å²) in [7, 11) is 0. The number of halogens is 1. The van der Waals surface area contributed by atoms with Gasteiger partial charge in [-0.2, -0.15) is 15.0 Å². The Bertz CT molecular complexity index is 1280. The molecule has 0 saturated carbocycles. The monoisotopic (exact) mass is 503 g/mol. The predicted octanol–water partition coefficient (Wildman–Crippen LogP) is 5.48. The van der Waals surface area contributed by atoms with Crippen molar-refractivity contribution in [2.24, 2.45) is 0 Å².